The number of amidine groups is 1. The first kappa shape index (κ1) is 14.9. The molecule has 0 saturated heterocycles. The average molecular weight is 320 g/mol. The Morgan fingerprint density at radius 1 is 1.40 bits per heavy atom. The molecular formula is C11H14ClN3O4S. The molecule has 3 N–H and O–H groups in total. The lowest BCUT2D eigenvalue weighted by molar-refractivity contribution is 0.171. The number of nitrogens with two attached hydrogens (primary N) is 1. The minimum atomic E-state index is -3.71. The molecule has 1 heterocycles. The zero-order valence-corrected chi connectivity index (χ0v) is 12.3. The second-order valence-electron chi connectivity index (χ2n) is 3.91. The molecule has 2 rings (SSSR count). The van der Waals surface area contributed by atoms with Crippen LogP contribution in [-0.4, -0.2) is 40.4 Å². The third-order valence-corrected chi connectivity index (χ3v) is 4.30. The molecule has 1 aliphatic rings. The number of rotatable bonds is 4. The molecule has 0 fully saturated rings. The van der Waals surface area contributed by atoms with Gasteiger partial charge < -0.3 is 15.2 Å². The van der Waals surface area contributed by atoms with E-state index in [-0.39, 0.29) is 22.3 Å². The fraction of sp³-hybridized carbons (Fsp3) is 0.364. The Morgan fingerprint density at radius 2 is 2.00 bits per heavy atom. The molecular weight excluding hydrogens is 306 g/mol. The standard InChI is InChI=1S/C11H14ClN3O4S/c1-14-20(16,17)10-5-9-8(18-2-3-19-9)4-7(10)15-11(13)6-12/h4-5,14H,2-3,6H2,1H3,(H2,13,15). The number of nitrogens with zero attached hydrogens (tertiary/aromatic N) is 1. The highest BCUT2D eigenvalue weighted by Crippen LogP contribution is 2.38. The van der Waals surface area contributed by atoms with Crippen molar-refractivity contribution in [2.24, 2.45) is 10.7 Å². The molecule has 0 atom stereocenters. The van der Waals surface area contributed by atoms with Gasteiger partial charge in [0.15, 0.2) is 11.5 Å². The summed E-state index contributed by atoms with van der Waals surface area (Å²) in [4.78, 5) is 3.96. The van der Waals surface area contributed by atoms with E-state index >= 15 is 0 Å². The van der Waals surface area contributed by atoms with E-state index in [0.717, 1.165) is 0 Å². The van der Waals surface area contributed by atoms with Gasteiger partial charge in [0.25, 0.3) is 0 Å². The van der Waals surface area contributed by atoms with E-state index in [1.54, 1.807) is 0 Å². The smallest absolute Gasteiger partial charge is 0.242 e. The lowest BCUT2D eigenvalue weighted by atomic mass is 10.2. The Morgan fingerprint density at radius 3 is 2.55 bits per heavy atom. The third kappa shape index (κ3) is 2.97. The number of nitrogens with one attached hydrogen (secondary N) is 1. The number of halogens is 1. The number of benzene rings is 1. The Kier molecular flexibility index (Phi) is 4.36. The quantitative estimate of drug-likeness (QED) is 0.480. The highest BCUT2D eigenvalue weighted by Gasteiger charge is 2.23. The van der Waals surface area contributed by atoms with Crippen LogP contribution < -0.4 is 19.9 Å². The summed E-state index contributed by atoms with van der Waals surface area (Å²) in [5.74, 6) is 0.879. The van der Waals surface area contributed by atoms with Crippen LogP contribution in [0.5, 0.6) is 11.5 Å². The lowest BCUT2D eigenvalue weighted by Gasteiger charge is -2.20. The first-order valence-electron chi connectivity index (χ1n) is 5.74. The van der Waals surface area contributed by atoms with Crippen LogP contribution in [0.1, 0.15) is 0 Å². The van der Waals surface area contributed by atoms with Gasteiger partial charge in [0.05, 0.1) is 11.6 Å². The molecule has 0 saturated carbocycles. The van der Waals surface area contributed by atoms with Crippen molar-refractivity contribution in [3.63, 3.8) is 0 Å². The molecule has 110 valence electrons. The number of alkyl halides is 1. The van der Waals surface area contributed by atoms with Crippen LogP contribution in [-0.2, 0) is 10.0 Å². The predicted octanol–water partition coefficient (Wildman–Crippen LogP) is 0.593. The summed E-state index contributed by atoms with van der Waals surface area (Å²) >= 11 is 5.57. The largest absolute Gasteiger partial charge is 0.486 e. The van der Waals surface area contributed by atoms with Crippen molar-refractivity contribution in [3.05, 3.63) is 12.1 Å². The van der Waals surface area contributed by atoms with Gasteiger partial charge in [0.1, 0.15) is 23.9 Å². The van der Waals surface area contributed by atoms with E-state index in [2.05, 4.69) is 9.71 Å². The van der Waals surface area contributed by atoms with Crippen molar-refractivity contribution in [2.45, 2.75) is 4.90 Å². The zero-order chi connectivity index (χ0) is 14.8. The SMILES string of the molecule is CNS(=O)(=O)c1cc2c(cc1N=C(N)CCl)OCCO2. The van der Waals surface area contributed by atoms with Crippen molar-refractivity contribution in [2.75, 3.05) is 26.1 Å². The molecule has 0 amide bonds. The van der Waals surface area contributed by atoms with Gasteiger partial charge in [-0.3, -0.25) is 0 Å². The molecule has 0 radical (unpaired) electrons. The van der Waals surface area contributed by atoms with E-state index in [0.29, 0.717) is 24.7 Å². The van der Waals surface area contributed by atoms with Crippen LogP contribution in [0, 0.1) is 0 Å². The van der Waals surface area contributed by atoms with Crippen LogP contribution >= 0.6 is 11.6 Å². The Balaban J connectivity index is 2.63. The van der Waals surface area contributed by atoms with Crippen molar-refractivity contribution in [1.82, 2.24) is 4.72 Å². The normalized spacial score (nSPS) is 15.2. The summed E-state index contributed by atoms with van der Waals surface area (Å²) in [5, 5.41) is 0. The van der Waals surface area contributed by atoms with Crippen LogP contribution in [0.3, 0.4) is 0 Å². The van der Waals surface area contributed by atoms with Gasteiger partial charge in [-0.05, 0) is 7.05 Å². The topological polar surface area (TPSA) is 103 Å². The van der Waals surface area contributed by atoms with Crippen LogP contribution in [0.2, 0.25) is 0 Å². The summed E-state index contributed by atoms with van der Waals surface area (Å²) in [5.41, 5.74) is 5.72. The van der Waals surface area contributed by atoms with Gasteiger partial charge in [0.2, 0.25) is 10.0 Å². The second-order valence-corrected chi connectivity index (χ2v) is 6.03. The van der Waals surface area contributed by atoms with Gasteiger partial charge in [-0.1, -0.05) is 0 Å². The molecule has 7 nitrogen and oxygen atoms in total. The predicted molar refractivity (Wildman–Crippen MR) is 75.7 cm³/mol. The first-order valence-corrected chi connectivity index (χ1v) is 7.76. The minimum absolute atomic E-state index is 0.00647. The Labute approximate surface area is 121 Å². The number of aliphatic imine (C=N–C) groups is 1. The maximum absolute atomic E-state index is 12.0. The van der Waals surface area contributed by atoms with E-state index in [4.69, 9.17) is 26.8 Å². The van der Waals surface area contributed by atoms with Gasteiger partial charge in [-0.2, -0.15) is 0 Å². The first-order chi connectivity index (χ1) is 9.47. The van der Waals surface area contributed by atoms with Gasteiger partial charge in [0, 0.05) is 12.1 Å². The van der Waals surface area contributed by atoms with Crippen molar-refractivity contribution < 1.29 is 17.9 Å². The summed E-state index contributed by atoms with van der Waals surface area (Å²) < 4.78 is 37.0. The third-order valence-electron chi connectivity index (χ3n) is 2.58. The maximum atomic E-state index is 12.0. The lowest BCUT2D eigenvalue weighted by Crippen LogP contribution is -2.21. The molecule has 1 aromatic rings. The van der Waals surface area contributed by atoms with Crippen molar-refractivity contribution in [3.8, 4) is 11.5 Å². The summed E-state index contributed by atoms with van der Waals surface area (Å²) in [7, 11) is -2.40. The molecule has 0 unspecified atom stereocenters. The number of fused-ring (bicyclic) bond motifs is 1. The van der Waals surface area contributed by atoms with Crippen molar-refractivity contribution >= 4 is 33.1 Å². The zero-order valence-electron chi connectivity index (χ0n) is 10.7. The summed E-state index contributed by atoms with van der Waals surface area (Å²) in [6, 6.07) is 2.83. The van der Waals surface area contributed by atoms with Crippen LogP contribution in [0.15, 0.2) is 22.0 Å². The number of hydrogen-bond acceptors (Lipinski definition) is 5. The number of sulfonamides is 1. The molecule has 20 heavy (non-hydrogen) atoms. The average Bonchev–Trinajstić information content (AvgIpc) is 2.46. The summed E-state index contributed by atoms with van der Waals surface area (Å²) in [6.07, 6.45) is 0. The van der Waals surface area contributed by atoms with Crippen LogP contribution in [0.4, 0.5) is 5.69 Å². The molecule has 9 heteroatoms. The highest BCUT2D eigenvalue weighted by atomic mass is 35.5. The van der Waals surface area contributed by atoms with E-state index in [1.165, 1.54) is 19.2 Å². The summed E-state index contributed by atoms with van der Waals surface area (Å²) in [6.45, 7) is 0.748. The fourth-order valence-corrected chi connectivity index (χ4v) is 2.58. The van der Waals surface area contributed by atoms with E-state index in [9.17, 15) is 8.42 Å². The molecule has 0 aromatic heterocycles. The minimum Gasteiger partial charge on any atom is -0.486 e. The molecule has 1 aromatic carbocycles. The van der Waals surface area contributed by atoms with E-state index in [1.807, 2.05) is 0 Å². The van der Waals surface area contributed by atoms with E-state index < -0.39 is 10.0 Å². The van der Waals surface area contributed by atoms with Gasteiger partial charge in [-0.15, -0.1) is 11.6 Å². The Bertz CT molecular complexity index is 645. The Hall–Kier alpha value is -1.51. The monoisotopic (exact) mass is 319 g/mol. The molecule has 0 spiro atoms. The number of hydrogen-bond donors (Lipinski definition) is 2. The maximum Gasteiger partial charge on any atom is 0.242 e. The van der Waals surface area contributed by atoms with Crippen LogP contribution in [0.25, 0.3) is 0 Å². The molecule has 0 bridgehead atoms. The number of ether oxygens (including phenoxy) is 2. The second kappa shape index (κ2) is 5.86. The van der Waals surface area contributed by atoms with Gasteiger partial charge in [-0.25, -0.2) is 18.1 Å². The van der Waals surface area contributed by atoms with Gasteiger partial charge >= 0.3 is 0 Å². The molecule has 1 aliphatic heterocycles. The fourth-order valence-electron chi connectivity index (χ4n) is 1.66. The molecule has 0 aliphatic carbocycles. The van der Waals surface area contributed by atoms with Crippen molar-refractivity contribution in [1.29, 1.82) is 0 Å². The highest BCUT2D eigenvalue weighted by molar-refractivity contribution is 7.89.